The number of thiophene rings is 1. The van der Waals surface area contributed by atoms with E-state index in [4.69, 9.17) is 0 Å². The molecule has 2 aromatic rings. The van der Waals surface area contributed by atoms with E-state index in [1.54, 1.807) is 28.3 Å². The highest BCUT2D eigenvalue weighted by Crippen LogP contribution is 2.14. The molecule has 0 aliphatic heterocycles. The summed E-state index contributed by atoms with van der Waals surface area (Å²) < 4.78 is 27.6. The van der Waals surface area contributed by atoms with Crippen molar-refractivity contribution in [1.82, 2.24) is 9.78 Å². The number of nitrogens with one attached hydrogen (secondary N) is 1. The molecule has 0 amide bonds. The van der Waals surface area contributed by atoms with Gasteiger partial charge in [0.2, 0.25) is 10.0 Å². The van der Waals surface area contributed by atoms with Gasteiger partial charge in [-0.3, -0.25) is 4.72 Å². The van der Waals surface area contributed by atoms with Crippen LogP contribution < -0.4 is 4.72 Å². The first kappa shape index (κ1) is 13.1. The zero-order valence-electron chi connectivity index (χ0n) is 10.0. The Bertz CT molecular complexity index is 588. The Morgan fingerprint density at radius 2 is 2.28 bits per heavy atom. The quantitative estimate of drug-likeness (QED) is 0.884. The fraction of sp³-hybridized carbons (Fsp3) is 0.364. The summed E-state index contributed by atoms with van der Waals surface area (Å²) in [5, 5.41) is 8.14. The fourth-order valence-electron chi connectivity index (χ4n) is 1.58. The van der Waals surface area contributed by atoms with Crippen molar-refractivity contribution in [3.05, 3.63) is 34.7 Å². The number of rotatable bonds is 6. The Balaban J connectivity index is 2.13. The summed E-state index contributed by atoms with van der Waals surface area (Å²) in [7, 11) is -3.26. The molecule has 18 heavy (non-hydrogen) atoms. The first-order chi connectivity index (χ1) is 8.61. The van der Waals surface area contributed by atoms with Gasteiger partial charge in [-0.05, 0) is 28.8 Å². The molecule has 0 spiro atoms. The van der Waals surface area contributed by atoms with E-state index in [-0.39, 0.29) is 5.75 Å². The van der Waals surface area contributed by atoms with E-state index in [1.807, 2.05) is 23.8 Å². The lowest BCUT2D eigenvalue weighted by molar-refractivity contribution is 0.598. The summed E-state index contributed by atoms with van der Waals surface area (Å²) in [4.78, 5) is 0. The van der Waals surface area contributed by atoms with Crippen LogP contribution in [0.25, 0.3) is 0 Å². The zero-order valence-corrected chi connectivity index (χ0v) is 11.7. The van der Waals surface area contributed by atoms with Crippen LogP contribution in [0.3, 0.4) is 0 Å². The summed E-state index contributed by atoms with van der Waals surface area (Å²) in [5.74, 6) is 0.631. The fourth-order valence-corrected chi connectivity index (χ4v) is 3.37. The third-order valence-electron chi connectivity index (χ3n) is 2.36. The van der Waals surface area contributed by atoms with Gasteiger partial charge in [-0.1, -0.05) is 6.92 Å². The lowest BCUT2D eigenvalue weighted by Crippen LogP contribution is -2.19. The van der Waals surface area contributed by atoms with Crippen molar-refractivity contribution in [1.29, 1.82) is 0 Å². The van der Waals surface area contributed by atoms with Gasteiger partial charge in [0.05, 0.1) is 18.5 Å². The highest BCUT2D eigenvalue weighted by Gasteiger charge is 2.12. The molecule has 98 valence electrons. The molecule has 1 N–H and O–H groups in total. The lowest BCUT2D eigenvalue weighted by Gasteiger charge is -2.09. The first-order valence-electron chi connectivity index (χ1n) is 5.64. The number of hydrogen-bond donors (Lipinski definition) is 1. The van der Waals surface area contributed by atoms with Gasteiger partial charge in [0, 0.05) is 6.07 Å². The van der Waals surface area contributed by atoms with Crippen molar-refractivity contribution in [2.75, 3.05) is 10.5 Å². The minimum Gasteiger partial charge on any atom is -0.268 e. The zero-order chi connectivity index (χ0) is 13.0. The molecule has 0 unspecified atom stereocenters. The van der Waals surface area contributed by atoms with Crippen LogP contribution in [-0.4, -0.2) is 24.0 Å². The van der Waals surface area contributed by atoms with E-state index >= 15 is 0 Å². The van der Waals surface area contributed by atoms with Crippen LogP contribution in [0, 0.1) is 0 Å². The van der Waals surface area contributed by atoms with Crippen molar-refractivity contribution < 1.29 is 8.42 Å². The molecule has 0 saturated heterocycles. The minimum atomic E-state index is -3.26. The molecule has 0 bridgehead atoms. The third-order valence-corrected chi connectivity index (χ3v) is 4.56. The second-order valence-electron chi connectivity index (χ2n) is 3.93. The molecule has 0 fully saturated rings. The minimum absolute atomic E-state index is 0.122. The topological polar surface area (TPSA) is 64.0 Å². The Hall–Kier alpha value is -1.34. The second-order valence-corrected chi connectivity index (χ2v) is 6.55. The van der Waals surface area contributed by atoms with E-state index in [0.29, 0.717) is 18.8 Å². The average molecular weight is 285 g/mol. The van der Waals surface area contributed by atoms with Gasteiger partial charge in [0.25, 0.3) is 0 Å². The predicted octanol–water partition coefficient (Wildman–Crippen LogP) is 2.14. The van der Waals surface area contributed by atoms with E-state index < -0.39 is 10.0 Å². The monoisotopic (exact) mass is 285 g/mol. The maximum Gasteiger partial charge on any atom is 0.233 e. The Kier molecular flexibility index (Phi) is 4.03. The number of nitrogens with zero attached hydrogens (tertiary/aromatic N) is 2. The van der Waals surface area contributed by atoms with Gasteiger partial charge in [-0.15, -0.1) is 0 Å². The van der Waals surface area contributed by atoms with E-state index in [0.717, 1.165) is 5.56 Å². The number of anilines is 1. The average Bonchev–Trinajstić information content (AvgIpc) is 2.91. The summed E-state index contributed by atoms with van der Waals surface area (Å²) in [6, 6.07) is 3.66. The molecule has 5 nitrogen and oxygen atoms in total. The molecular formula is C11H15N3O2S2. The number of sulfonamides is 1. The van der Waals surface area contributed by atoms with Crippen LogP contribution >= 0.6 is 11.3 Å². The maximum absolute atomic E-state index is 11.7. The molecular weight excluding hydrogens is 270 g/mol. The largest absolute Gasteiger partial charge is 0.268 e. The van der Waals surface area contributed by atoms with Crippen molar-refractivity contribution in [3.63, 3.8) is 0 Å². The van der Waals surface area contributed by atoms with Gasteiger partial charge in [0.1, 0.15) is 5.82 Å². The van der Waals surface area contributed by atoms with Crippen molar-refractivity contribution in [2.45, 2.75) is 19.9 Å². The molecule has 7 heteroatoms. The Morgan fingerprint density at radius 1 is 1.44 bits per heavy atom. The molecule has 0 aliphatic carbocycles. The summed E-state index contributed by atoms with van der Waals surface area (Å²) in [6.45, 7) is 2.41. The highest BCUT2D eigenvalue weighted by molar-refractivity contribution is 7.92. The van der Waals surface area contributed by atoms with Crippen LogP contribution in [0.2, 0.25) is 0 Å². The number of hydrogen-bond acceptors (Lipinski definition) is 4. The van der Waals surface area contributed by atoms with Crippen LogP contribution in [-0.2, 0) is 16.6 Å². The maximum atomic E-state index is 11.7. The van der Waals surface area contributed by atoms with E-state index in [9.17, 15) is 8.42 Å². The van der Waals surface area contributed by atoms with Crippen molar-refractivity contribution >= 4 is 27.2 Å². The molecule has 0 radical (unpaired) electrons. The smallest absolute Gasteiger partial charge is 0.233 e. The molecule has 0 aliphatic rings. The van der Waals surface area contributed by atoms with Crippen molar-refractivity contribution in [2.24, 2.45) is 0 Å². The van der Waals surface area contributed by atoms with Crippen LogP contribution in [0.4, 0.5) is 5.82 Å². The van der Waals surface area contributed by atoms with Crippen LogP contribution in [0.1, 0.15) is 18.9 Å². The highest BCUT2D eigenvalue weighted by atomic mass is 32.2. The summed E-state index contributed by atoms with van der Waals surface area (Å²) >= 11 is 1.61. The Morgan fingerprint density at radius 3 is 2.94 bits per heavy atom. The van der Waals surface area contributed by atoms with Crippen molar-refractivity contribution in [3.8, 4) is 0 Å². The SMILES string of the molecule is CCCS(=O)(=O)Nc1ccnn1Cc1ccsc1. The molecule has 0 aromatic carbocycles. The van der Waals surface area contributed by atoms with Gasteiger partial charge < -0.3 is 0 Å². The molecule has 2 heterocycles. The van der Waals surface area contributed by atoms with Gasteiger partial charge in [0.15, 0.2) is 0 Å². The third kappa shape index (κ3) is 3.33. The van der Waals surface area contributed by atoms with Gasteiger partial charge in [-0.25, -0.2) is 13.1 Å². The standard InChI is InChI=1S/C11H15N3O2S2/c1-2-7-18(15,16)13-11-3-5-12-14(11)8-10-4-6-17-9-10/h3-6,9,13H,2,7-8H2,1H3. The second kappa shape index (κ2) is 5.53. The van der Waals surface area contributed by atoms with Crippen LogP contribution in [0.5, 0.6) is 0 Å². The van der Waals surface area contributed by atoms with Gasteiger partial charge in [-0.2, -0.15) is 16.4 Å². The van der Waals surface area contributed by atoms with E-state index in [2.05, 4.69) is 9.82 Å². The summed E-state index contributed by atoms with van der Waals surface area (Å²) in [6.07, 6.45) is 2.18. The molecule has 0 atom stereocenters. The summed E-state index contributed by atoms with van der Waals surface area (Å²) in [5.41, 5.74) is 1.11. The molecule has 2 aromatic heterocycles. The predicted molar refractivity (Wildman–Crippen MR) is 73.3 cm³/mol. The normalized spacial score (nSPS) is 11.6. The molecule has 0 saturated carbocycles. The lowest BCUT2D eigenvalue weighted by atomic mass is 10.3. The van der Waals surface area contributed by atoms with E-state index in [1.165, 1.54) is 0 Å². The van der Waals surface area contributed by atoms with Crippen LogP contribution in [0.15, 0.2) is 29.1 Å². The molecule has 2 rings (SSSR count). The van der Waals surface area contributed by atoms with Gasteiger partial charge >= 0.3 is 0 Å². The number of aromatic nitrogens is 2. The Labute approximate surface area is 111 Å². The first-order valence-corrected chi connectivity index (χ1v) is 8.23.